The molecule has 0 bridgehead atoms. The highest BCUT2D eigenvalue weighted by Crippen LogP contribution is 2.31. The second-order valence-corrected chi connectivity index (χ2v) is 6.14. The Bertz CT molecular complexity index is 668. The lowest BCUT2D eigenvalue weighted by atomic mass is 9.87. The molecule has 2 rings (SSSR count). The van der Waals surface area contributed by atoms with Crippen molar-refractivity contribution in [2.45, 2.75) is 32.8 Å². The highest BCUT2D eigenvalue weighted by molar-refractivity contribution is 6.03. The van der Waals surface area contributed by atoms with Crippen molar-refractivity contribution in [1.29, 1.82) is 0 Å². The van der Waals surface area contributed by atoms with Crippen LogP contribution in [0.15, 0.2) is 34.7 Å². The predicted octanol–water partition coefficient (Wildman–Crippen LogP) is 3.68. The molecule has 5 nitrogen and oxygen atoms in total. The maximum atomic E-state index is 12.2. The van der Waals surface area contributed by atoms with Gasteiger partial charge in [-0.2, -0.15) is 0 Å². The molecule has 0 atom stereocenters. The number of hydrogen-bond acceptors (Lipinski definition) is 4. The van der Waals surface area contributed by atoms with E-state index in [1.54, 1.807) is 31.4 Å². The van der Waals surface area contributed by atoms with Gasteiger partial charge < -0.3 is 19.6 Å². The van der Waals surface area contributed by atoms with Gasteiger partial charge in [0.1, 0.15) is 18.1 Å². The van der Waals surface area contributed by atoms with Crippen LogP contribution in [-0.4, -0.2) is 18.1 Å². The van der Waals surface area contributed by atoms with Gasteiger partial charge in [0, 0.05) is 7.11 Å². The second kappa shape index (κ2) is 6.23. The standard InChI is InChI=1S/C17H21NO4/c1-17(2,3)11-5-7-14(19)13(9-11)18-16(20)15-8-6-12(22-15)10-21-4/h5-9,19H,10H2,1-4H3,(H,18,20). The van der Waals surface area contributed by atoms with E-state index in [0.29, 0.717) is 18.1 Å². The zero-order valence-corrected chi connectivity index (χ0v) is 13.3. The van der Waals surface area contributed by atoms with Gasteiger partial charge in [-0.15, -0.1) is 0 Å². The summed E-state index contributed by atoms with van der Waals surface area (Å²) in [6.07, 6.45) is 0. The van der Waals surface area contributed by atoms with Crippen molar-refractivity contribution >= 4 is 11.6 Å². The van der Waals surface area contributed by atoms with Crippen molar-refractivity contribution < 1.29 is 19.1 Å². The largest absolute Gasteiger partial charge is 0.506 e. The maximum absolute atomic E-state index is 12.2. The number of furan rings is 1. The predicted molar refractivity (Wildman–Crippen MR) is 84.2 cm³/mol. The average molecular weight is 303 g/mol. The van der Waals surface area contributed by atoms with Gasteiger partial charge in [-0.1, -0.05) is 26.8 Å². The van der Waals surface area contributed by atoms with Gasteiger partial charge in [-0.25, -0.2) is 0 Å². The van der Waals surface area contributed by atoms with Gasteiger partial charge in [0.05, 0.1) is 5.69 Å². The minimum atomic E-state index is -0.413. The molecule has 1 heterocycles. The fraction of sp³-hybridized carbons (Fsp3) is 0.353. The fourth-order valence-electron chi connectivity index (χ4n) is 2.01. The Balaban J connectivity index is 2.20. The summed E-state index contributed by atoms with van der Waals surface area (Å²) < 4.78 is 10.3. The molecule has 0 saturated carbocycles. The number of methoxy groups -OCH3 is 1. The Morgan fingerprint density at radius 3 is 2.64 bits per heavy atom. The van der Waals surface area contributed by atoms with Crippen molar-refractivity contribution in [2.24, 2.45) is 0 Å². The van der Waals surface area contributed by atoms with Crippen LogP contribution in [0.4, 0.5) is 5.69 Å². The van der Waals surface area contributed by atoms with Crippen molar-refractivity contribution in [3.8, 4) is 5.75 Å². The van der Waals surface area contributed by atoms with E-state index < -0.39 is 5.91 Å². The summed E-state index contributed by atoms with van der Waals surface area (Å²) in [6.45, 7) is 6.50. The van der Waals surface area contributed by atoms with E-state index in [9.17, 15) is 9.90 Å². The second-order valence-electron chi connectivity index (χ2n) is 6.14. The smallest absolute Gasteiger partial charge is 0.291 e. The summed E-state index contributed by atoms with van der Waals surface area (Å²) >= 11 is 0. The van der Waals surface area contributed by atoms with Gasteiger partial charge in [0.2, 0.25) is 0 Å². The first-order valence-corrected chi connectivity index (χ1v) is 7.04. The number of phenols is 1. The SMILES string of the molecule is COCc1ccc(C(=O)Nc2cc(C(C)(C)C)ccc2O)o1. The molecule has 1 aromatic carbocycles. The number of carbonyl (C=O) groups is 1. The van der Waals surface area contributed by atoms with Crippen molar-refractivity contribution in [3.05, 3.63) is 47.4 Å². The molecular weight excluding hydrogens is 282 g/mol. The van der Waals surface area contributed by atoms with E-state index in [4.69, 9.17) is 9.15 Å². The Morgan fingerprint density at radius 1 is 1.27 bits per heavy atom. The molecule has 2 aromatic rings. The van der Waals surface area contributed by atoms with Crippen molar-refractivity contribution in [3.63, 3.8) is 0 Å². The fourth-order valence-corrected chi connectivity index (χ4v) is 2.01. The molecule has 0 spiro atoms. The zero-order valence-electron chi connectivity index (χ0n) is 13.3. The number of anilines is 1. The summed E-state index contributed by atoms with van der Waals surface area (Å²) in [4.78, 5) is 12.2. The molecule has 5 heteroatoms. The van der Waals surface area contributed by atoms with Crippen LogP contribution in [0.25, 0.3) is 0 Å². The van der Waals surface area contributed by atoms with Gasteiger partial charge >= 0.3 is 0 Å². The molecule has 118 valence electrons. The summed E-state index contributed by atoms with van der Waals surface area (Å²) in [5.74, 6) is 0.349. The van der Waals surface area contributed by atoms with E-state index in [2.05, 4.69) is 26.1 Å². The van der Waals surface area contributed by atoms with Crippen LogP contribution in [0.1, 0.15) is 42.6 Å². The molecule has 0 aliphatic carbocycles. The van der Waals surface area contributed by atoms with E-state index >= 15 is 0 Å². The van der Waals surface area contributed by atoms with Crippen molar-refractivity contribution in [2.75, 3.05) is 12.4 Å². The first-order valence-electron chi connectivity index (χ1n) is 7.04. The summed E-state index contributed by atoms with van der Waals surface area (Å²) in [7, 11) is 1.55. The number of ether oxygens (including phenoxy) is 1. The molecule has 2 N–H and O–H groups in total. The minimum absolute atomic E-state index is 0.0185. The van der Waals surface area contributed by atoms with Gasteiger partial charge in [0.25, 0.3) is 5.91 Å². The Labute approximate surface area is 129 Å². The van der Waals surface area contributed by atoms with Crippen molar-refractivity contribution in [1.82, 2.24) is 0 Å². The summed E-state index contributed by atoms with van der Waals surface area (Å²) in [6, 6.07) is 8.45. The Kier molecular flexibility index (Phi) is 4.56. The first-order chi connectivity index (χ1) is 10.3. The number of phenolic OH excluding ortho intramolecular Hbond substituents is 1. The topological polar surface area (TPSA) is 71.7 Å². The number of amides is 1. The third-order valence-electron chi connectivity index (χ3n) is 3.28. The Hall–Kier alpha value is -2.27. The molecule has 0 aliphatic rings. The maximum Gasteiger partial charge on any atom is 0.291 e. The minimum Gasteiger partial charge on any atom is -0.506 e. The van der Waals surface area contributed by atoms with Crippen LogP contribution in [0, 0.1) is 0 Å². The van der Waals surface area contributed by atoms with E-state index in [0.717, 1.165) is 5.56 Å². The number of rotatable bonds is 4. The molecule has 22 heavy (non-hydrogen) atoms. The quantitative estimate of drug-likeness (QED) is 0.845. The number of aromatic hydroxyl groups is 1. The van der Waals surface area contributed by atoms with Gasteiger partial charge in [0.15, 0.2) is 5.76 Å². The molecule has 0 saturated heterocycles. The number of carbonyl (C=O) groups excluding carboxylic acids is 1. The third-order valence-corrected chi connectivity index (χ3v) is 3.28. The summed E-state index contributed by atoms with van der Waals surface area (Å²) in [5.41, 5.74) is 1.30. The molecule has 1 amide bonds. The molecule has 0 aliphatic heterocycles. The monoisotopic (exact) mass is 303 g/mol. The molecule has 0 unspecified atom stereocenters. The lowest BCUT2D eigenvalue weighted by molar-refractivity contribution is 0.0987. The molecule has 0 fully saturated rings. The van der Waals surface area contributed by atoms with Crippen LogP contribution in [-0.2, 0) is 16.8 Å². The van der Waals surface area contributed by atoms with Crippen LogP contribution < -0.4 is 5.32 Å². The molecular formula is C17H21NO4. The van der Waals surface area contributed by atoms with Crippen LogP contribution in [0.3, 0.4) is 0 Å². The molecule has 0 radical (unpaired) electrons. The highest BCUT2D eigenvalue weighted by Gasteiger charge is 2.18. The van der Waals surface area contributed by atoms with E-state index in [-0.39, 0.29) is 16.9 Å². The average Bonchev–Trinajstić information content (AvgIpc) is 2.89. The lowest BCUT2D eigenvalue weighted by Gasteiger charge is -2.20. The van der Waals surface area contributed by atoms with Crippen LogP contribution in [0.2, 0.25) is 0 Å². The first kappa shape index (κ1) is 16.1. The van der Waals surface area contributed by atoms with Gasteiger partial charge in [-0.3, -0.25) is 4.79 Å². The van der Waals surface area contributed by atoms with E-state index in [1.165, 1.54) is 0 Å². The number of hydrogen-bond donors (Lipinski definition) is 2. The number of benzene rings is 1. The molecule has 1 aromatic heterocycles. The van der Waals surface area contributed by atoms with E-state index in [1.807, 2.05) is 6.07 Å². The van der Waals surface area contributed by atoms with Crippen LogP contribution >= 0.6 is 0 Å². The van der Waals surface area contributed by atoms with Crippen LogP contribution in [0.5, 0.6) is 5.75 Å². The zero-order chi connectivity index (χ0) is 16.3. The lowest BCUT2D eigenvalue weighted by Crippen LogP contribution is -2.14. The van der Waals surface area contributed by atoms with Gasteiger partial charge in [-0.05, 0) is 35.2 Å². The third kappa shape index (κ3) is 3.68. The Morgan fingerprint density at radius 2 is 2.00 bits per heavy atom. The normalized spacial score (nSPS) is 11.5. The summed E-state index contributed by atoms with van der Waals surface area (Å²) in [5, 5.41) is 12.6. The number of nitrogens with one attached hydrogen (secondary N) is 1. The highest BCUT2D eigenvalue weighted by atomic mass is 16.5.